The molecule has 0 aromatic heterocycles. The molecule has 1 aliphatic heterocycles. The molecule has 0 aliphatic carbocycles. The monoisotopic (exact) mass is 291 g/mol. The van der Waals surface area contributed by atoms with Gasteiger partial charge < -0.3 is 10.2 Å². The SMILES string of the molecule is CCC1(C(=O)O)CCCN1C(C)CCc1ccc(O)cc1. The van der Waals surface area contributed by atoms with E-state index < -0.39 is 11.5 Å². The Balaban J connectivity index is 2.00. The zero-order valence-corrected chi connectivity index (χ0v) is 12.9. The van der Waals surface area contributed by atoms with Gasteiger partial charge in [-0.2, -0.15) is 0 Å². The lowest BCUT2D eigenvalue weighted by atomic mass is 9.91. The number of nitrogens with zero attached hydrogens (tertiary/aromatic N) is 1. The zero-order chi connectivity index (χ0) is 15.5. The van der Waals surface area contributed by atoms with Gasteiger partial charge in [0.15, 0.2) is 0 Å². The lowest BCUT2D eigenvalue weighted by Gasteiger charge is -2.38. The third-order valence-corrected chi connectivity index (χ3v) is 4.84. The number of carboxylic acids is 1. The van der Waals surface area contributed by atoms with Crippen LogP contribution in [0.15, 0.2) is 24.3 Å². The summed E-state index contributed by atoms with van der Waals surface area (Å²) in [7, 11) is 0. The van der Waals surface area contributed by atoms with Crippen LogP contribution in [0.25, 0.3) is 0 Å². The molecule has 2 N–H and O–H groups in total. The van der Waals surface area contributed by atoms with Gasteiger partial charge in [0.2, 0.25) is 0 Å². The molecule has 1 heterocycles. The number of phenols is 1. The molecule has 2 rings (SSSR count). The minimum absolute atomic E-state index is 0.248. The Hall–Kier alpha value is -1.55. The van der Waals surface area contributed by atoms with Crippen LogP contribution in [-0.2, 0) is 11.2 Å². The first-order chi connectivity index (χ1) is 9.99. The minimum atomic E-state index is -0.681. The van der Waals surface area contributed by atoms with Gasteiger partial charge >= 0.3 is 5.97 Å². The molecular formula is C17H25NO3. The van der Waals surface area contributed by atoms with E-state index >= 15 is 0 Å². The van der Waals surface area contributed by atoms with Crippen molar-refractivity contribution >= 4 is 5.97 Å². The van der Waals surface area contributed by atoms with Crippen LogP contribution >= 0.6 is 0 Å². The van der Waals surface area contributed by atoms with Crippen molar-refractivity contribution in [1.82, 2.24) is 4.90 Å². The molecule has 116 valence electrons. The molecule has 1 aromatic rings. The fourth-order valence-corrected chi connectivity index (χ4v) is 3.50. The second kappa shape index (κ2) is 6.48. The number of benzene rings is 1. The number of rotatable bonds is 6. The molecular weight excluding hydrogens is 266 g/mol. The van der Waals surface area contributed by atoms with Gasteiger partial charge in [0.25, 0.3) is 0 Å². The van der Waals surface area contributed by atoms with Gasteiger partial charge in [-0.1, -0.05) is 19.1 Å². The average molecular weight is 291 g/mol. The minimum Gasteiger partial charge on any atom is -0.508 e. The van der Waals surface area contributed by atoms with Gasteiger partial charge in [0.05, 0.1) is 0 Å². The normalized spacial score (nSPS) is 24.1. The highest BCUT2D eigenvalue weighted by molar-refractivity contribution is 5.79. The van der Waals surface area contributed by atoms with Crippen LogP contribution in [0.4, 0.5) is 0 Å². The maximum absolute atomic E-state index is 11.7. The number of carboxylic acid groups (broad SMARTS) is 1. The third kappa shape index (κ3) is 3.21. The van der Waals surface area contributed by atoms with Crippen LogP contribution in [0.3, 0.4) is 0 Å². The van der Waals surface area contributed by atoms with Crippen LogP contribution in [0.2, 0.25) is 0 Å². The number of likely N-dealkylation sites (tertiary alicyclic amines) is 1. The maximum atomic E-state index is 11.7. The van der Waals surface area contributed by atoms with E-state index in [0.717, 1.165) is 32.2 Å². The highest BCUT2D eigenvalue weighted by atomic mass is 16.4. The van der Waals surface area contributed by atoms with Crippen LogP contribution in [-0.4, -0.2) is 39.2 Å². The molecule has 0 amide bonds. The molecule has 21 heavy (non-hydrogen) atoms. The summed E-state index contributed by atoms with van der Waals surface area (Å²) in [5.41, 5.74) is 0.505. The van der Waals surface area contributed by atoms with Crippen LogP contribution in [0, 0.1) is 0 Å². The molecule has 0 saturated carbocycles. The Kier molecular flexibility index (Phi) is 4.88. The van der Waals surface area contributed by atoms with Gasteiger partial charge in [0, 0.05) is 6.04 Å². The predicted molar refractivity (Wildman–Crippen MR) is 82.5 cm³/mol. The van der Waals surface area contributed by atoms with Crippen molar-refractivity contribution in [3.63, 3.8) is 0 Å². The first kappa shape index (κ1) is 15.8. The van der Waals surface area contributed by atoms with E-state index in [0.29, 0.717) is 6.42 Å². The Morgan fingerprint density at radius 3 is 2.62 bits per heavy atom. The molecule has 1 fully saturated rings. The van der Waals surface area contributed by atoms with Gasteiger partial charge in [-0.3, -0.25) is 9.69 Å². The van der Waals surface area contributed by atoms with E-state index in [9.17, 15) is 15.0 Å². The highest BCUT2D eigenvalue weighted by Gasteiger charge is 2.47. The summed E-state index contributed by atoms with van der Waals surface area (Å²) in [6, 6.07) is 7.50. The quantitative estimate of drug-likeness (QED) is 0.845. The Bertz CT molecular complexity index is 485. The summed E-state index contributed by atoms with van der Waals surface area (Å²) >= 11 is 0. The molecule has 0 radical (unpaired) electrons. The van der Waals surface area contributed by atoms with Crippen molar-refractivity contribution in [3.05, 3.63) is 29.8 Å². The first-order valence-electron chi connectivity index (χ1n) is 7.77. The smallest absolute Gasteiger partial charge is 0.324 e. The largest absolute Gasteiger partial charge is 0.508 e. The molecule has 1 aromatic carbocycles. The number of carbonyl (C=O) groups is 1. The molecule has 4 heteroatoms. The average Bonchev–Trinajstić information content (AvgIpc) is 2.91. The third-order valence-electron chi connectivity index (χ3n) is 4.84. The van der Waals surface area contributed by atoms with Gasteiger partial charge in [-0.05, 0) is 63.3 Å². The number of phenolic OH excluding ortho intramolecular Hbond substituents is 1. The summed E-state index contributed by atoms with van der Waals surface area (Å²) < 4.78 is 0. The molecule has 0 bridgehead atoms. The highest BCUT2D eigenvalue weighted by Crippen LogP contribution is 2.35. The molecule has 0 spiro atoms. The van der Waals surface area contributed by atoms with E-state index in [2.05, 4.69) is 11.8 Å². The molecule has 1 saturated heterocycles. The van der Waals surface area contributed by atoms with E-state index in [1.54, 1.807) is 12.1 Å². The van der Waals surface area contributed by atoms with Gasteiger partial charge in [0.1, 0.15) is 11.3 Å². The lowest BCUT2D eigenvalue weighted by molar-refractivity contribution is -0.151. The van der Waals surface area contributed by atoms with Gasteiger partial charge in [-0.25, -0.2) is 0 Å². The first-order valence-corrected chi connectivity index (χ1v) is 7.77. The Morgan fingerprint density at radius 1 is 1.38 bits per heavy atom. The van der Waals surface area contributed by atoms with Crippen LogP contribution in [0.1, 0.15) is 45.1 Å². The van der Waals surface area contributed by atoms with Gasteiger partial charge in [-0.15, -0.1) is 0 Å². The van der Waals surface area contributed by atoms with E-state index in [-0.39, 0.29) is 11.8 Å². The fraction of sp³-hybridized carbons (Fsp3) is 0.588. The van der Waals surface area contributed by atoms with E-state index in [4.69, 9.17) is 0 Å². The summed E-state index contributed by atoms with van der Waals surface area (Å²) in [5.74, 6) is -0.402. The number of hydrogen-bond acceptors (Lipinski definition) is 3. The fourth-order valence-electron chi connectivity index (χ4n) is 3.50. The molecule has 2 atom stereocenters. The summed E-state index contributed by atoms with van der Waals surface area (Å²) in [6.07, 6.45) is 4.20. The van der Waals surface area contributed by atoms with Crippen LogP contribution in [0.5, 0.6) is 5.75 Å². The Morgan fingerprint density at radius 2 is 2.05 bits per heavy atom. The standard InChI is InChI=1S/C17H25NO3/c1-3-17(16(20)21)11-4-12-18(17)13(2)5-6-14-7-9-15(19)10-8-14/h7-10,13,19H,3-6,11-12H2,1-2H3,(H,20,21). The second-order valence-electron chi connectivity index (χ2n) is 6.04. The van der Waals surface area contributed by atoms with Crippen molar-refractivity contribution in [2.45, 2.75) is 57.5 Å². The van der Waals surface area contributed by atoms with Crippen molar-refractivity contribution in [2.24, 2.45) is 0 Å². The van der Waals surface area contributed by atoms with Crippen LogP contribution < -0.4 is 0 Å². The topological polar surface area (TPSA) is 60.8 Å². The number of aryl methyl sites for hydroxylation is 1. The number of hydrogen-bond donors (Lipinski definition) is 2. The maximum Gasteiger partial charge on any atom is 0.324 e. The second-order valence-corrected chi connectivity index (χ2v) is 6.04. The predicted octanol–water partition coefficient (Wildman–Crippen LogP) is 3.04. The summed E-state index contributed by atoms with van der Waals surface area (Å²) in [4.78, 5) is 13.9. The number of aromatic hydroxyl groups is 1. The summed E-state index contributed by atoms with van der Waals surface area (Å²) in [5, 5.41) is 18.9. The van der Waals surface area contributed by atoms with E-state index in [1.807, 2.05) is 19.1 Å². The Labute approximate surface area is 126 Å². The molecule has 1 aliphatic rings. The lowest BCUT2D eigenvalue weighted by Crippen LogP contribution is -2.53. The van der Waals surface area contributed by atoms with Crippen molar-refractivity contribution in [2.75, 3.05) is 6.54 Å². The summed E-state index contributed by atoms with van der Waals surface area (Å²) in [6.45, 7) is 4.97. The van der Waals surface area contributed by atoms with E-state index in [1.165, 1.54) is 5.56 Å². The van der Waals surface area contributed by atoms with Crippen molar-refractivity contribution in [1.29, 1.82) is 0 Å². The number of aliphatic carboxylic acids is 1. The molecule has 2 unspecified atom stereocenters. The molecule has 4 nitrogen and oxygen atoms in total. The van der Waals surface area contributed by atoms with Crippen molar-refractivity contribution in [3.8, 4) is 5.75 Å². The van der Waals surface area contributed by atoms with Crippen molar-refractivity contribution < 1.29 is 15.0 Å². The zero-order valence-electron chi connectivity index (χ0n) is 12.9.